The van der Waals surface area contributed by atoms with Crippen molar-refractivity contribution in [3.8, 4) is 5.88 Å². The predicted molar refractivity (Wildman–Crippen MR) is 65.9 cm³/mol. The lowest BCUT2D eigenvalue weighted by Gasteiger charge is -2.26. The Kier molecular flexibility index (Phi) is 4.34. The lowest BCUT2D eigenvalue weighted by molar-refractivity contribution is 0.116. The summed E-state index contributed by atoms with van der Waals surface area (Å²) in [6.45, 7) is 0.833. The predicted octanol–water partition coefficient (Wildman–Crippen LogP) is 1.48. The maximum atomic E-state index is 9.43. The van der Waals surface area contributed by atoms with Crippen molar-refractivity contribution in [2.75, 3.05) is 7.11 Å². The van der Waals surface area contributed by atoms with Gasteiger partial charge in [0, 0.05) is 24.8 Å². The largest absolute Gasteiger partial charge is 0.481 e. The molecule has 2 N–H and O–H groups in total. The van der Waals surface area contributed by atoms with Crippen molar-refractivity contribution in [1.82, 2.24) is 10.3 Å². The van der Waals surface area contributed by atoms with Crippen LogP contribution >= 0.6 is 0 Å². The van der Waals surface area contributed by atoms with Crippen LogP contribution in [0.5, 0.6) is 5.88 Å². The second-order valence-corrected chi connectivity index (χ2v) is 4.59. The van der Waals surface area contributed by atoms with Crippen molar-refractivity contribution in [3.63, 3.8) is 0 Å². The molecule has 1 fully saturated rings. The number of aliphatic hydroxyl groups is 1. The third-order valence-corrected chi connectivity index (χ3v) is 3.30. The average molecular weight is 236 g/mol. The second-order valence-electron chi connectivity index (χ2n) is 4.59. The molecule has 1 heterocycles. The Morgan fingerprint density at radius 3 is 2.88 bits per heavy atom. The summed E-state index contributed by atoms with van der Waals surface area (Å²) in [5.41, 5.74) is 1.18. The maximum Gasteiger partial charge on any atom is 0.213 e. The van der Waals surface area contributed by atoms with Gasteiger partial charge >= 0.3 is 0 Å². The smallest absolute Gasteiger partial charge is 0.213 e. The van der Waals surface area contributed by atoms with E-state index in [9.17, 15) is 5.11 Å². The van der Waals surface area contributed by atoms with Crippen LogP contribution in [0, 0.1) is 0 Å². The highest BCUT2D eigenvalue weighted by atomic mass is 16.5. The molecule has 0 bridgehead atoms. The SMILES string of the molecule is COc1cc(CNC2CCC(O)CC2)ccn1. The molecule has 4 heteroatoms. The first kappa shape index (κ1) is 12.3. The molecule has 0 spiro atoms. The first-order valence-corrected chi connectivity index (χ1v) is 6.18. The molecule has 4 nitrogen and oxygen atoms in total. The van der Waals surface area contributed by atoms with Crippen LogP contribution < -0.4 is 10.1 Å². The Hall–Kier alpha value is -1.13. The topological polar surface area (TPSA) is 54.4 Å². The summed E-state index contributed by atoms with van der Waals surface area (Å²) >= 11 is 0. The lowest BCUT2D eigenvalue weighted by Crippen LogP contribution is -2.34. The molecule has 0 unspecified atom stereocenters. The van der Waals surface area contributed by atoms with Crippen LogP contribution in [0.25, 0.3) is 0 Å². The Bertz CT molecular complexity index is 349. The van der Waals surface area contributed by atoms with Crippen molar-refractivity contribution in [2.24, 2.45) is 0 Å². The van der Waals surface area contributed by atoms with E-state index in [1.165, 1.54) is 5.56 Å². The molecule has 0 amide bonds. The molecular weight excluding hydrogens is 216 g/mol. The van der Waals surface area contributed by atoms with Gasteiger partial charge in [-0.15, -0.1) is 0 Å². The number of aliphatic hydroxyl groups excluding tert-OH is 1. The van der Waals surface area contributed by atoms with Crippen LogP contribution in [0.1, 0.15) is 31.2 Å². The van der Waals surface area contributed by atoms with E-state index >= 15 is 0 Å². The van der Waals surface area contributed by atoms with Crippen molar-refractivity contribution in [2.45, 2.75) is 44.4 Å². The number of rotatable bonds is 4. The molecule has 1 aromatic heterocycles. The first-order chi connectivity index (χ1) is 8.28. The van der Waals surface area contributed by atoms with Crippen LogP contribution in [0.15, 0.2) is 18.3 Å². The molecule has 0 aliphatic heterocycles. The molecule has 1 aliphatic rings. The molecule has 2 rings (SSSR count). The molecule has 94 valence electrons. The number of methoxy groups -OCH3 is 1. The highest BCUT2D eigenvalue weighted by molar-refractivity contribution is 5.20. The summed E-state index contributed by atoms with van der Waals surface area (Å²) in [4.78, 5) is 4.08. The van der Waals surface area contributed by atoms with Gasteiger partial charge in [-0.05, 0) is 37.3 Å². The summed E-state index contributed by atoms with van der Waals surface area (Å²) in [5, 5.41) is 12.9. The van der Waals surface area contributed by atoms with Gasteiger partial charge in [-0.1, -0.05) is 0 Å². The van der Waals surface area contributed by atoms with Crippen LogP contribution in [-0.4, -0.2) is 29.3 Å². The molecule has 0 aromatic carbocycles. The van der Waals surface area contributed by atoms with Gasteiger partial charge < -0.3 is 15.2 Å². The quantitative estimate of drug-likeness (QED) is 0.831. The molecule has 17 heavy (non-hydrogen) atoms. The molecule has 0 saturated heterocycles. The Balaban J connectivity index is 1.81. The summed E-state index contributed by atoms with van der Waals surface area (Å²) in [6, 6.07) is 4.47. The zero-order valence-electron chi connectivity index (χ0n) is 10.2. The fourth-order valence-corrected chi connectivity index (χ4v) is 2.21. The molecule has 1 aliphatic carbocycles. The molecule has 1 aromatic rings. The van der Waals surface area contributed by atoms with Crippen molar-refractivity contribution >= 4 is 0 Å². The van der Waals surface area contributed by atoms with E-state index in [1.54, 1.807) is 13.3 Å². The maximum absolute atomic E-state index is 9.43. The van der Waals surface area contributed by atoms with Gasteiger partial charge in [-0.3, -0.25) is 0 Å². The third-order valence-electron chi connectivity index (χ3n) is 3.30. The van der Waals surface area contributed by atoms with Gasteiger partial charge in [0.1, 0.15) is 0 Å². The summed E-state index contributed by atoms with van der Waals surface area (Å²) < 4.78 is 5.09. The van der Waals surface area contributed by atoms with E-state index in [0.717, 1.165) is 32.2 Å². The van der Waals surface area contributed by atoms with Crippen LogP contribution in [0.2, 0.25) is 0 Å². The van der Waals surface area contributed by atoms with Gasteiger partial charge in [0.25, 0.3) is 0 Å². The number of nitrogens with zero attached hydrogens (tertiary/aromatic N) is 1. The number of nitrogens with one attached hydrogen (secondary N) is 1. The Morgan fingerprint density at radius 1 is 1.41 bits per heavy atom. The summed E-state index contributed by atoms with van der Waals surface area (Å²) in [5.74, 6) is 0.656. The first-order valence-electron chi connectivity index (χ1n) is 6.18. The van der Waals surface area contributed by atoms with Crippen LogP contribution in [0.3, 0.4) is 0 Å². The minimum atomic E-state index is -0.0888. The van der Waals surface area contributed by atoms with Gasteiger partial charge in [0.15, 0.2) is 0 Å². The highest BCUT2D eigenvalue weighted by Gasteiger charge is 2.18. The van der Waals surface area contributed by atoms with Crippen molar-refractivity contribution in [3.05, 3.63) is 23.9 Å². The Labute approximate surface area is 102 Å². The normalized spacial score (nSPS) is 24.6. The molecular formula is C13H20N2O2. The molecule has 1 saturated carbocycles. The van der Waals surface area contributed by atoms with Crippen LogP contribution in [-0.2, 0) is 6.54 Å². The average Bonchev–Trinajstić information content (AvgIpc) is 2.38. The van der Waals surface area contributed by atoms with Crippen molar-refractivity contribution < 1.29 is 9.84 Å². The number of pyridine rings is 1. The summed E-state index contributed by atoms with van der Waals surface area (Å²) in [6.07, 6.45) is 5.62. The van der Waals surface area contributed by atoms with E-state index in [0.29, 0.717) is 11.9 Å². The summed E-state index contributed by atoms with van der Waals surface area (Å²) in [7, 11) is 1.63. The van der Waals surface area contributed by atoms with E-state index in [-0.39, 0.29) is 6.10 Å². The zero-order valence-corrected chi connectivity index (χ0v) is 10.2. The standard InChI is InChI=1S/C13H20N2O2/c1-17-13-8-10(6-7-14-13)9-15-11-2-4-12(16)5-3-11/h6-8,11-12,15-16H,2-5,9H2,1H3. The molecule has 0 atom stereocenters. The van der Waals surface area contributed by atoms with E-state index in [4.69, 9.17) is 4.74 Å². The Morgan fingerprint density at radius 2 is 2.18 bits per heavy atom. The van der Waals surface area contributed by atoms with Crippen molar-refractivity contribution in [1.29, 1.82) is 0 Å². The van der Waals surface area contributed by atoms with Gasteiger partial charge in [0.2, 0.25) is 5.88 Å². The zero-order chi connectivity index (χ0) is 12.1. The fraction of sp³-hybridized carbons (Fsp3) is 0.615. The van der Waals surface area contributed by atoms with Gasteiger partial charge in [-0.2, -0.15) is 0 Å². The van der Waals surface area contributed by atoms with Gasteiger partial charge in [0.05, 0.1) is 13.2 Å². The van der Waals surface area contributed by atoms with Crippen LogP contribution in [0.4, 0.5) is 0 Å². The van der Waals surface area contributed by atoms with Gasteiger partial charge in [-0.25, -0.2) is 4.98 Å². The van der Waals surface area contributed by atoms with E-state index in [1.807, 2.05) is 12.1 Å². The number of aromatic nitrogens is 1. The van der Waals surface area contributed by atoms with E-state index < -0.39 is 0 Å². The third kappa shape index (κ3) is 3.68. The second kappa shape index (κ2) is 5.98. The number of hydrogen-bond acceptors (Lipinski definition) is 4. The monoisotopic (exact) mass is 236 g/mol. The molecule has 0 radical (unpaired) electrons. The highest BCUT2D eigenvalue weighted by Crippen LogP contribution is 2.19. The fourth-order valence-electron chi connectivity index (χ4n) is 2.21. The minimum absolute atomic E-state index is 0.0888. The van der Waals surface area contributed by atoms with E-state index in [2.05, 4.69) is 10.3 Å². The lowest BCUT2D eigenvalue weighted by atomic mass is 9.93. The number of ether oxygens (including phenoxy) is 1. The number of hydrogen-bond donors (Lipinski definition) is 2. The minimum Gasteiger partial charge on any atom is -0.481 e.